The Hall–Kier alpha value is -0.310. The van der Waals surface area contributed by atoms with Gasteiger partial charge in [-0.1, -0.05) is 40.0 Å². The molecule has 0 unspecified atom stereocenters. The molecule has 0 fully saturated rings. The summed E-state index contributed by atoms with van der Waals surface area (Å²) in [6, 6.07) is 0. The first kappa shape index (κ1) is 15.7. The Balaban J connectivity index is 4.00. The zero-order valence-corrected chi connectivity index (χ0v) is 12.2. The van der Waals surface area contributed by atoms with Crippen molar-refractivity contribution >= 4 is 17.3 Å². The van der Waals surface area contributed by atoms with E-state index in [9.17, 15) is 0 Å². The van der Waals surface area contributed by atoms with Crippen LogP contribution in [-0.2, 0) is 0 Å². The second-order valence-corrected chi connectivity index (χ2v) is 4.69. The molecule has 0 aliphatic rings. The van der Waals surface area contributed by atoms with Gasteiger partial charge in [-0.05, 0) is 31.5 Å². The van der Waals surface area contributed by atoms with E-state index in [1.807, 2.05) is 0 Å². The molecule has 0 atom stereocenters. The van der Waals surface area contributed by atoms with Crippen LogP contribution >= 0.6 is 12.2 Å². The minimum atomic E-state index is 0.769. The smallest absolute Gasteiger partial charge is 0.168 e. The predicted molar refractivity (Wildman–Crippen MR) is 76.8 cm³/mol. The summed E-state index contributed by atoms with van der Waals surface area (Å²) in [6.07, 6.45) is 4.89. The summed E-state index contributed by atoms with van der Waals surface area (Å²) in [5, 5.41) is 4.28. The molecule has 0 radical (unpaired) electrons. The Labute approximate surface area is 107 Å². The summed E-state index contributed by atoms with van der Waals surface area (Å²) in [6.45, 7) is 12.0. The lowest BCUT2D eigenvalue weighted by atomic mass is 10.0. The van der Waals surface area contributed by atoms with Crippen molar-refractivity contribution in [1.82, 2.24) is 10.2 Å². The van der Waals surface area contributed by atoms with Crippen molar-refractivity contribution in [2.45, 2.75) is 53.4 Å². The van der Waals surface area contributed by atoms with Crippen LogP contribution in [0, 0.1) is 5.92 Å². The molecule has 2 nitrogen and oxygen atoms in total. The molecular formula is C13H28N2S. The monoisotopic (exact) mass is 244 g/mol. The fourth-order valence-corrected chi connectivity index (χ4v) is 2.00. The van der Waals surface area contributed by atoms with Gasteiger partial charge in [0.05, 0.1) is 0 Å². The van der Waals surface area contributed by atoms with E-state index in [0.29, 0.717) is 0 Å². The Morgan fingerprint density at radius 2 is 1.81 bits per heavy atom. The highest BCUT2D eigenvalue weighted by Crippen LogP contribution is 2.09. The van der Waals surface area contributed by atoms with E-state index in [0.717, 1.165) is 30.7 Å². The van der Waals surface area contributed by atoms with Gasteiger partial charge in [0.15, 0.2) is 5.11 Å². The summed E-state index contributed by atoms with van der Waals surface area (Å²) in [7, 11) is 0. The van der Waals surface area contributed by atoms with Gasteiger partial charge >= 0.3 is 0 Å². The Morgan fingerprint density at radius 3 is 2.25 bits per heavy atom. The molecule has 0 aromatic carbocycles. The molecule has 3 heteroatoms. The van der Waals surface area contributed by atoms with E-state index in [4.69, 9.17) is 12.2 Å². The maximum atomic E-state index is 5.42. The largest absolute Gasteiger partial charge is 0.363 e. The number of thiocarbonyl (C=S) groups is 1. The first-order valence-electron chi connectivity index (χ1n) is 6.72. The molecule has 0 amide bonds. The Morgan fingerprint density at radius 1 is 1.19 bits per heavy atom. The molecule has 0 saturated heterocycles. The minimum Gasteiger partial charge on any atom is -0.363 e. The quantitative estimate of drug-likeness (QED) is 0.520. The van der Waals surface area contributed by atoms with Crippen molar-refractivity contribution in [1.29, 1.82) is 0 Å². The SMILES string of the molecule is CCCCNC(=S)N(CC)CC(CC)CC. The van der Waals surface area contributed by atoms with Crippen molar-refractivity contribution < 1.29 is 0 Å². The number of nitrogens with one attached hydrogen (secondary N) is 1. The second kappa shape index (κ2) is 9.88. The number of rotatable bonds is 8. The summed E-state index contributed by atoms with van der Waals surface area (Å²) in [4.78, 5) is 2.29. The summed E-state index contributed by atoms with van der Waals surface area (Å²) < 4.78 is 0. The van der Waals surface area contributed by atoms with Crippen LogP contribution in [0.4, 0.5) is 0 Å². The topological polar surface area (TPSA) is 15.3 Å². The third-order valence-electron chi connectivity index (χ3n) is 3.11. The number of hydrogen-bond donors (Lipinski definition) is 1. The zero-order chi connectivity index (χ0) is 12.4. The van der Waals surface area contributed by atoms with Gasteiger partial charge in [-0.15, -0.1) is 0 Å². The van der Waals surface area contributed by atoms with Crippen molar-refractivity contribution in [2.75, 3.05) is 19.6 Å². The summed E-state index contributed by atoms with van der Waals surface area (Å²) in [5.74, 6) is 0.769. The molecule has 0 aromatic rings. The van der Waals surface area contributed by atoms with Crippen molar-refractivity contribution in [3.8, 4) is 0 Å². The van der Waals surface area contributed by atoms with Crippen molar-refractivity contribution in [2.24, 2.45) is 5.92 Å². The maximum absolute atomic E-state index is 5.42. The normalized spacial score (nSPS) is 10.6. The van der Waals surface area contributed by atoms with E-state index < -0.39 is 0 Å². The Bertz CT molecular complexity index is 179. The third-order valence-corrected chi connectivity index (χ3v) is 3.51. The van der Waals surface area contributed by atoms with Crippen LogP contribution < -0.4 is 5.32 Å². The van der Waals surface area contributed by atoms with E-state index in [1.165, 1.54) is 25.7 Å². The highest BCUT2D eigenvalue weighted by molar-refractivity contribution is 7.80. The van der Waals surface area contributed by atoms with E-state index in [2.05, 4.69) is 37.9 Å². The molecule has 0 bridgehead atoms. The standard InChI is InChI=1S/C13H28N2S/c1-5-9-10-14-13(16)15(8-4)11-12(6-2)7-3/h12H,5-11H2,1-4H3,(H,14,16). The van der Waals surface area contributed by atoms with Crippen LogP contribution in [0.2, 0.25) is 0 Å². The van der Waals surface area contributed by atoms with Gasteiger partial charge in [-0.25, -0.2) is 0 Å². The fraction of sp³-hybridized carbons (Fsp3) is 0.923. The molecule has 0 heterocycles. The molecule has 96 valence electrons. The average Bonchev–Trinajstić information content (AvgIpc) is 2.31. The molecular weight excluding hydrogens is 216 g/mol. The second-order valence-electron chi connectivity index (χ2n) is 4.31. The molecule has 0 spiro atoms. The highest BCUT2D eigenvalue weighted by atomic mass is 32.1. The van der Waals surface area contributed by atoms with Crippen molar-refractivity contribution in [3.63, 3.8) is 0 Å². The van der Waals surface area contributed by atoms with Crippen LogP contribution in [0.15, 0.2) is 0 Å². The van der Waals surface area contributed by atoms with E-state index in [-0.39, 0.29) is 0 Å². The number of unbranched alkanes of at least 4 members (excludes halogenated alkanes) is 1. The molecule has 0 aliphatic heterocycles. The van der Waals surface area contributed by atoms with E-state index >= 15 is 0 Å². The molecule has 0 rings (SSSR count). The highest BCUT2D eigenvalue weighted by Gasteiger charge is 2.12. The molecule has 1 N–H and O–H groups in total. The molecule has 0 saturated carbocycles. The van der Waals surface area contributed by atoms with Crippen LogP contribution in [-0.4, -0.2) is 29.6 Å². The van der Waals surface area contributed by atoms with Crippen LogP contribution in [0.3, 0.4) is 0 Å². The lowest BCUT2D eigenvalue weighted by Gasteiger charge is -2.28. The van der Waals surface area contributed by atoms with Gasteiger partial charge in [0.25, 0.3) is 0 Å². The fourth-order valence-electron chi connectivity index (χ4n) is 1.70. The van der Waals surface area contributed by atoms with Gasteiger partial charge in [0, 0.05) is 19.6 Å². The van der Waals surface area contributed by atoms with Crippen molar-refractivity contribution in [3.05, 3.63) is 0 Å². The summed E-state index contributed by atoms with van der Waals surface area (Å²) in [5.41, 5.74) is 0. The van der Waals surface area contributed by atoms with Crippen LogP contribution in [0.1, 0.15) is 53.4 Å². The first-order chi connectivity index (χ1) is 7.69. The summed E-state index contributed by atoms with van der Waals surface area (Å²) >= 11 is 5.42. The maximum Gasteiger partial charge on any atom is 0.168 e. The lowest BCUT2D eigenvalue weighted by Crippen LogP contribution is -2.42. The van der Waals surface area contributed by atoms with Gasteiger partial charge in [-0.3, -0.25) is 0 Å². The predicted octanol–water partition coefficient (Wildman–Crippen LogP) is 3.42. The molecule has 0 aliphatic carbocycles. The van der Waals surface area contributed by atoms with Gasteiger partial charge in [0.2, 0.25) is 0 Å². The van der Waals surface area contributed by atoms with Gasteiger partial charge < -0.3 is 10.2 Å². The zero-order valence-electron chi connectivity index (χ0n) is 11.4. The van der Waals surface area contributed by atoms with Gasteiger partial charge in [-0.2, -0.15) is 0 Å². The third kappa shape index (κ3) is 6.31. The average molecular weight is 244 g/mol. The lowest BCUT2D eigenvalue weighted by molar-refractivity contribution is 0.331. The van der Waals surface area contributed by atoms with Crippen LogP contribution in [0.25, 0.3) is 0 Å². The number of hydrogen-bond acceptors (Lipinski definition) is 1. The molecule has 16 heavy (non-hydrogen) atoms. The minimum absolute atomic E-state index is 0.769. The number of nitrogens with zero attached hydrogens (tertiary/aromatic N) is 1. The Kier molecular flexibility index (Phi) is 9.69. The van der Waals surface area contributed by atoms with E-state index in [1.54, 1.807) is 0 Å². The first-order valence-corrected chi connectivity index (χ1v) is 7.13. The molecule has 0 aromatic heterocycles. The van der Waals surface area contributed by atoms with Gasteiger partial charge in [0.1, 0.15) is 0 Å². The van der Waals surface area contributed by atoms with Crippen LogP contribution in [0.5, 0.6) is 0 Å².